The van der Waals surface area contributed by atoms with Crippen LogP contribution in [0.3, 0.4) is 0 Å². The van der Waals surface area contributed by atoms with E-state index < -0.39 is 12.1 Å². The molecule has 4 amide bonds. The van der Waals surface area contributed by atoms with Crippen LogP contribution in [0.2, 0.25) is 0 Å². The predicted octanol–water partition coefficient (Wildman–Crippen LogP) is 1.28. The van der Waals surface area contributed by atoms with E-state index in [1.54, 1.807) is 11.1 Å². The second-order valence-electron chi connectivity index (χ2n) is 7.49. The van der Waals surface area contributed by atoms with E-state index in [1.165, 1.54) is 4.90 Å². The van der Waals surface area contributed by atoms with Crippen molar-refractivity contribution in [3.63, 3.8) is 0 Å². The summed E-state index contributed by atoms with van der Waals surface area (Å²) in [6.07, 6.45) is 2.34. The van der Waals surface area contributed by atoms with Crippen LogP contribution in [-0.4, -0.2) is 71.4 Å². The number of hydrogen-bond donors (Lipinski definition) is 1. The molecule has 1 aromatic heterocycles. The third-order valence-electron chi connectivity index (χ3n) is 5.56. The van der Waals surface area contributed by atoms with Crippen LogP contribution < -0.4 is 10.2 Å². The fourth-order valence-electron chi connectivity index (χ4n) is 3.84. The number of urea groups is 1. The van der Waals surface area contributed by atoms with E-state index >= 15 is 0 Å². The number of benzene rings is 1. The molecule has 2 aromatic rings. The van der Waals surface area contributed by atoms with Crippen LogP contribution in [-0.2, 0) is 16.0 Å². The molecule has 1 atom stereocenters. The van der Waals surface area contributed by atoms with Gasteiger partial charge in [-0.3, -0.25) is 14.5 Å². The molecule has 0 saturated carbocycles. The Morgan fingerprint density at radius 3 is 2.43 bits per heavy atom. The van der Waals surface area contributed by atoms with Crippen molar-refractivity contribution in [3.8, 4) is 0 Å². The van der Waals surface area contributed by atoms with Gasteiger partial charge in [0.05, 0.1) is 6.42 Å². The molecular weight excluding hydrogens is 382 g/mol. The van der Waals surface area contributed by atoms with E-state index in [1.807, 2.05) is 48.5 Å². The number of pyridine rings is 1. The van der Waals surface area contributed by atoms with Gasteiger partial charge in [0.2, 0.25) is 5.91 Å². The third-order valence-corrected chi connectivity index (χ3v) is 5.56. The third kappa shape index (κ3) is 4.42. The lowest BCUT2D eigenvalue weighted by atomic mass is 10.1. The van der Waals surface area contributed by atoms with E-state index in [4.69, 9.17) is 0 Å². The maximum atomic E-state index is 12.7. The van der Waals surface area contributed by atoms with Gasteiger partial charge in [0, 0.05) is 38.9 Å². The lowest BCUT2D eigenvalue weighted by Crippen LogP contribution is -2.50. The molecule has 0 aliphatic carbocycles. The molecule has 2 fully saturated rings. The van der Waals surface area contributed by atoms with Crippen molar-refractivity contribution in [1.82, 2.24) is 20.1 Å². The van der Waals surface area contributed by atoms with Gasteiger partial charge in [-0.05, 0) is 24.1 Å². The van der Waals surface area contributed by atoms with Crippen molar-refractivity contribution in [1.29, 1.82) is 0 Å². The Hall–Kier alpha value is -3.42. The summed E-state index contributed by atoms with van der Waals surface area (Å²) >= 11 is 0. The summed E-state index contributed by atoms with van der Waals surface area (Å²) in [7, 11) is 0. The van der Waals surface area contributed by atoms with Gasteiger partial charge in [0.25, 0.3) is 5.91 Å². The van der Waals surface area contributed by atoms with E-state index in [0.29, 0.717) is 39.1 Å². The molecule has 0 unspecified atom stereocenters. The molecule has 0 spiro atoms. The van der Waals surface area contributed by atoms with Gasteiger partial charge in [0.15, 0.2) is 0 Å². The van der Waals surface area contributed by atoms with Gasteiger partial charge >= 0.3 is 6.03 Å². The first kappa shape index (κ1) is 19.9. The van der Waals surface area contributed by atoms with Crippen molar-refractivity contribution in [3.05, 3.63) is 60.3 Å². The van der Waals surface area contributed by atoms with Crippen molar-refractivity contribution in [2.75, 3.05) is 37.6 Å². The summed E-state index contributed by atoms with van der Waals surface area (Å²) in [5.41, 5.74) is 1.06. The minimum atomic E-state index is -0.783. The Bertz CT molecular complexity index is 898. The van der Waals surface area contributed by atoms with E-state index in [2.05, 4.69) is 15.2 Å². The fraction of sp³-hybridized carbons (Fsp3) is 0.364. The molecule has 0 radical (unpaired) electrons. The second kappa shape index (κ2) is 8.94. The summed E-state index contributed by atoms with van der Waals surface area (Å²) in [5, 5.41) is 2.66. The highest BCUT2D eigenvalue weighted by Gasteiger charge is 2.39. The Morgan fingerprint density at radius 1 is 1.00 bits per heavy atom. The van der Waals surface area contributed by atoms with Crippen LogP contribution >= 0.6 is 0 Å². The highest BCUT2D eigenvalue weighted by molar-refractivity contribution is 6.05. The van der Waals surface area contributed by atoms with Crippen LogP contribution in [0, 0.1) is 0 Å². The summed E-state index contributed by atoms with van der Waals surface area (Å²) in [5.74, 6) is 0.465. The molecular formula is C22H25N5O3. The SMILES string of the molecule is O=C(C[C@H]1NC(=O)N(CCc2ccccc2)C1=O)N1CCN(c2ccccn2)CC1. The van der Waals surface area contributed by atoms with Crippen molar-refractivity contribution in [2.24, 2.45) is 0 Å². The van der Waals surface area contributed by atoms with Crippen molar-refractivity contribution in [2.45, 2.75) is 18.9 Å². The maximum absolute atomic E-state index is 12.7. The highest BCUT2D eigenvalue weighted by Crippen LogP contribution is 2.16. The maximum Gasteiger partial charge on any atom is 0.324 e. The van der Waals surface area contributed by atoms with Gasteiger partial charge in [-0.1, -0.05) is 36.4 Å². The number of carbonyl (C=O) groups is 3. The summed E-state index contributed by atoms with van der Waals surface area (Å²) in [6, 6.07) is 14.3. The largest absolute Gasteiger partial charge is 0.353 e. The Labute approximate surface area is 175 Å². The van der Waals surface area contributed by atoms with Crippen LogP contribution in [0.15, 0.2) is 54.7 Å². The molecule has 2 aliphatic heterocycles. The number of imide groups is 1. The second-order valence-corrected chi connectivity index (χ2v) is 7.49. The zero-order valence-electron chi connectivity index (χ0n) is 16.7. The lowest BCUT2D eigenvalue weighted by molar-refractivity contribution is -0.136. The van der Waals surface area contributed by atoms with E-state index in [9.17, 15) is 14.4 Å². The number of amides is 4. The zero-order chi connectivity index (χ0) is 20.9. The first-order valence-electron chi connectivity index (χ1n) is 10.2. The van der Waals surface area contributed by atoms with E-state index in [-0.39, 0.29) is 18.2 Å². The van der Waals surface area contributed by atoms with Crippen molar-refractivity contribution >= 4 is 23.7 Å². The number of piperazine rings is 1. The number of carbonyl (C=O) groups excluding carboxylic acids is 3. The normalized spacial score (nSPS) is 19.2. The molecule has 8 nitrogen and oxygen atoms in total. The zero-order valence-corrected chi connectivity index (χ0v) is 16.7. The standard InChI is InChI=1S/C22H25N5O3/c28-20(26-14-12-25(13-15-26)19-8-4-5-10-23-19)16-18-21(29)27(22(30)24-18)11-9-17-6-2-1-3-7-17/h1-8,10,18H,9,11-16H2,(H,24,30)/t18-/m1/s1. The molecule has 2 aliphatic rings. The van der Waals surface area contributed by atoms with Gasteiger partial charge in [0.1, 0.15) is 11.9 Å². The minimum absolute atomic E-state index is 0.00397. The summed E-state index contributed by atoms with van der Waals surface area (Å²) in [4.78, 5) is 47.0. The predicted molar refractivity (Wildman–Crippen MR) is 112 cm³/mol. The molecule has 30 heavy (non-hydrogen) atoms. The average Bonchev–Trinajstić information content (AvgIpc) is 3.06. The number of hydrogen-bond acceptors (Lipinski definition) is 5. The van der Waals surface area contributed by atoms with Crippen molar-refractivity contribution < 1.29 is 14.4 Å². The summed E-state index contributed by atoms with van der Waals surface area (Å²) < 4.78 is 0. The van der Waals surface area contributed by atoms with Crippen LogP contribution in [0.4, 0.5) is 10.6 Å². The first-order valence-corrected chi connectivity index (χ1v) is 10.2. The molecule has 0 bridgehead atoms. The Kier molecular flexibility index (Phi) is 5.92. The smallest absolute Gasteiger partial charge is 0.324 e. The van der Waals surface area contributed by atoms with Crippen LogP contribution in [0.1, 0.15) is 12.0 Å². The molecule has 8 heteroatoms. The van der Waals surface area contributed by atoms with E-state index in [0.717, 1.165) is 11.4 Å². The first-order chi connectivity index (χ1) is 14.6. The topological polar surface area (TPSA) is 85.8 Å². The van der Waals surface area contributed by atoms with Crippen LogP contribution in [0.25, 0.3) is 0 Å². The average molecular weight is 407 g/mol. The number of nitrogens with one attached hydrogen (secondary N) is 1. The quantitative estimate of drug-likeness (QED) is 0.730. The number of rotatable bonds is 6. The molecule has 156 valence electrons. The number of aromatic nitrogens is 1. The van der Waals surface area contributed by atoms with Crippen LogP contribution in [0.5, 0.6) is 0 Å². The molecule has 4 rings (SSSR count). The lowest BCUT2D eigenvalue weighted by Gasteiger charge is -2.35. The molecule has 1 aromatic carbocycles. The molecule has 3 heterocycles. The minimum Gasteiger partial charge on any atom is -0.353 e. The van der Waals surface area contributed by atoms with Gasteiger partial charge in [-0.25, -0.2) is 9.78 Å². The van der Waals surface area contributed by atoms with Gasteiger partial charge in [-0.2, -0.15) is 0 Å². The van der Waals surface area contributed by atoms with Gasteiger partial charge in [-0.15, -0.1) is 0 Å². The monoisotopic (exact) mass is 407 g/mol. The number of nitrogens with zero attached hydrogens (tertiary/aromatic N) is 4. The molecule has 1 N–H and O–H groups in total. The Balaban J connectivity index is 1.27. The summed E-state index contributed by atoms with van der Waals surface area (Å²) in [6.45, 7) is 2.83. The molecule has 2 saturated heterocycles. The fourth-order valence-corrected chi connectivity index (χ4v) is 3.84. The Morgan fingerprint density at radius 2 is 1.73 bits per heavy atom. The van der Waals surface area contributed by atoms with Gasteiger partial charge < -0.3 is 15.1 Å². The number of anilines is 1. The highest BCUT2D eigenvalue weighted by atomic mass is 16.2.